The van der Waals surface area contributed by atoms with Crippen molar-refractivity contribution in [2.45, 2.75) is 33.9 Å². The fraction of sp³-hybridized carbons (Fsp3) is 0.471. The van der Waals surface area contributed by atoms with Crippen LogP contribution in [-0.4, -0.2) is 41.4 Å². The number of aliphatic hydroxyl groups excluding tert-OH is 1. The van der Waals surface area contributed by atoms with Crippen LogP contribution in [0.4, 0.5) is 0 Å². The van der Waals surface area contributed by atoms with Crippen molar-refractivity contribution < 1.29 is 28.7 Å². The maximum atomic E-state index is 12.0. The second-order valence-electron chi connectivity index (χ2n) is 5.34. The third-order valence-electron chi connectivity index (χ3n) is 3.79. The Balaban J connectivity index is 2.47. The van der Waals surface area contributed by atoms with E-state index in [1.54, 1.807) is 19.1 Å². The molecule has 0 fully saturated rings. The summed E-state index contributed by atoms with van der Waals surface area (Å²) in [4.78, 5) is 22.9. The van der Waals surface area contributed by atoms with Crippen molar-refractivity contribution >= 4 is 23.0 Å². The third kappa shape index (κ3) is 3.73. The van der Waals surface area contributed by atoms with Gasteiger partial charge in [-0.3, -0.25) is 4.79 Å². The summed E-state index contributed by atoms with van der Waals surface area (Å²) in [5.74, 6) is 0.199. The summed E-state index contributed by atoms with van der Waals surface area (Å²) in [6.07, 6.45) is 0. The van der Waals surface area contributed by atoms with Gasteiger partial charge >= 0.3 is 11.9 Å². The summed E-state index contributed by atoms with van der Waals surface area (Å²) < 4.78 is 14.0. The molecule has 0 atom stereocenters. The van der Waals surface area contributed by atoms with E-state index in [1.807, 2.05) is 22.1 Å². The van der Waals surface area contributed by atoms with Crippen LogP contribution in [0, 0.1) is 6.92 Å². The molecule has 1 N–H and O–H groups in total. The van der Waals surface area contributed by atoms with Crippen molar-refractivity contribution in [2.24, 2.45) is 0 Å². The van der Waals surface area contributed by atoms with Crippen LogP contribution >= 0.6 is 0 Å². The molecule has 2 rings (SSSR count). The number of aromatic nitrogens is 2. The Morgan fingerprint density at radius 2 is 2.04 bits per heavy atom. The van der Waals surface area contributed by atoms with Gasteiger partial charge in [-0.2, -0.15) is 0 Å². The van der Waals surface area contributed by atoms with Crippen LogP contribution in [0.3, 0.4) is 0 Å². The number of hydrogen-bond donors (Lipinski definition) is 1. The van der Waals surface area contributed by atoms with Crippen LogP contribution < -0.4 is 4.57 Å². The van der Waals surface area contributed by atoms with E-state index in [4.69, 9.17) is 9.47 Å². The van der Waals surface area contributed by atoms with Crippen molar-refractivity contribution in [2.75, 3.05) is 19.8 Å². The van der Waals surface area contributed by atoms with Crippen molar-refractivity contribution in [3.63, 3.8) is 0 Å². The highest BCUT2D eigenvalue weighted by Crippen LogP contribution is 2.17. The van der Waals surface area contributed by atoms with Gasteiger partial charge in [0.05, 0.1) is 18.8 Å². The standard InChI is InChI=1S/C17H23N2O5/c1-4-23-17(22)14-5-6-15-16(11-14)19(8-10-24-13(3)21)12(2)18(15)7-9-20/h5-6,11,20H,4,7-10H2,1-3H3/q+1. The summed E-state index contributed by atoms with van der Waals surface area (Å²) in [6.45, 7) is 6.52. The summed E-state index contributed by atoms with van der Waals surface area (Å²) >= 11 is 0. The predicted octanol–water partition coefficient (Wildman–Crippen LogP) is 0.969. The highest BCUT2D eigenvalue weighted by atomic mass is 16.5. The maximum absolute atomic E-state index is 12.0. The number of aliphatic hydroxyl groups is 1. The highest BCUT2D eigenvalue weighted by molar-refractivity contribution is 5.93. The third-order valence-corrected chi connectivity index (χ3v) is 3.79. The van der Waals surface area contributed by atoms with Gasteiger partial charge in [0.15, 0.2) is 11.0 Å². The first kappa shape index (κ1) is 17.9. The van der Waals surface area contributed by atoms with E-state index in [0.29, 0.717) is 25.3 Å². The number of carbonyl (C=O) groups is 2. The Hall–Kier alpha value is -2.41. The summed E-state index contributed by atoms with van der Waals surface area (Å²) in [7, 11) is 0. The number of imidazole rings is 1. The summed E-state index contributed by atoms with van der Waals surface area (Å²) in [5, 5.41) is 9.30. The first-order valence-electron chi connectivity index (χ1n) is 7.93. The largest absolute Gasteiger partial charge is 0.462 e. The Morgan fingerprint density at radius 1 is 1.29 bits per heavy atom. The van der Waals surface area contributed by atoms with Crippen LogP contribution in [-0.2, 0) is 27.4 Å². The van der Waals surface area contributed by atoms with Gasteiger partial charge in [0.25, 0.3) is 5.82 Å². The minimum absolute atomic E-state index is 0.00813. The monoisotopic (exact) mass is 335 g/mol. The molecule has 2 aromatic rings. The van der Waals surface area contributed by atoms with Crippen LogP contribution in [0.2, 0.25) is 0 Å². The predicted molar refractivity (Wildman–Crippen MR) is 86.5 cm³/mol. The lowest BCUT2D eigenvalue weighted by Gasteiger charge is -2.03. The van der Waals surface area contributed by atoms with Crippen LogP contribution in [0.15, 0.2) is 18.2 Å². The normalized spacial score (nSPS) is 10.8. The van der Waals surface area contributed by atoms with Crippen molar-refractivity contribution in [3.05, 3.63) is 29.6 Å². The van der Waals surface area contributed by atoms with Gasteiger partial charge in [-0.15, -0.1) is 0 Å². The molecule has 0 saturated heterocycles. The number of fused-ring (bicyclic) bond motifs is 1. The van der Waals surface area contributed by atoms with Gasteiger partial charge in [0, 0.05) is 19.9 Å². The van der Waals surface area contributed by atoms with Crippen LogP contribution in [0.1, 0.15) is 30.0 Å². The van der Waals surface area contributed by atoms with E-state index in [1.165, 1.54) is 6.92 Å². The summed E-state index contributed by atoms with van der Waals surface area (Å²) in [6, 6.07) is 5.32. The van der Waals surface area contributed by atoms with E-state index in [2.05, 4.69) is 0 Å². The van der Waals surface area contributed by atoms with Crippen molar-refractivity contribution in [1.82, 2.24) is 4.57 Å². The topological polar surface area (TPSA) is 81.6 Å². The van der Waals surface area contributed by atoms with E-state index in [0.717, 1.165) is 16.9 Å². The van der Waals surface area contributed by atoms with Gasteiger partial charge < -0.3 is 14.6 Å². The van der Waals surface area contributed by atoms with Crippen LogP contribution in [0.5, 0.6) is 0 Å². The second-order valence-corrected chi connectivity index (χ2v) is 5.34. The van der Waals surface area contributed by atoms with E-state index < -0.39 is 0 Å². The van der Waals surface area contributed by atoms with E-state index >= 15 is 0 Å². The smallest absolute Gasteiger partial charge is 0.338 e. The molecule has 0 spiro atoms. The van der Waals surface area contributed by atoms with Gasteiger partial charge in [0.1, 0.15) is 19.7 Å². The second kappa shape index (κ2) is 7.92. The zero-order valence-electron chi connectivity index (χ0n) is 14.2. The number of nitrogens with zero attached hydrogens (tertiary/aromatic N) is 2. The molecule has 0 aliphatic heterocycles. The fourth-order valence-corrected chi connectivity index (χ4v) is 2.75. The fourth-order valence-electron chi connectivity index (χ4n) is 2.75. The molecule has 1 aromatic carbocycles. The zero-order chi connectivity index (χ0) is 17.7. The minimum atomic E-state index is -0.376. The minimum Gasteiger partial charge on any atom is -0.462 e. The SMILES string of the molecule is CCOC(=O)c1ccc2c(c1)n(CCOC(C)=O)c(C)[n+]2CCO. The molecule has 0 amide bonds. The Kier molecular flexibility index (Phi) is 5.92. The van der Waals surface area contributed by atoms with Crippen LogP contribution in [0.25, 0.3) is 11.0 Å². The molecule has 0 bridgehead atoms. The van der Waals surface area contributed by atoms with Gasteiger partial charge in [-0.1, -0.05) is 0 Å². The lowest BCUT2D eigenvalue weighted by molar-refractivity contribution is -0.679. The molecule has 24 heavy (non-hydrogen) atoms. The lowest BCUT2D eigenvalue weighted by Crippen LogP contribution is -2.38. The molecule has 0 aliphatic rings. The van der Waals surface area contributed by atoms with E-state index in [-0.39, 0.29) is 25.2 Å². The number of carbonyl (C=O) groups excluding carboxylic acids is 2. The molecule has 130 valence electrons. The molecule has 0 saturated carbocycles. The number of esters is 2. The van der Waals surface area contributed by atoms with Gasteiger partial charge in [0.2, 0.25) is 0 Å². The number of benzene rings is 1. The molecule has 1 heterocycles. The lowest BCUT2D eigenvalue weighted by atomic mass is 10.2. The number of hydrogen-bond acceptors (Lipinski definition) is 5. The molecule has 7 heteroatoms. The maximum Gasteiger partial charge on any atom is 0.338 e. The quantitative estimate of drug-likeness (QED) is 0.602. The first-order chi connectivity index (χ1) is 11.5. The Morgan fingerprint density at radius 3 is 2.67 bits per heavy atom. The molecule has 0 aliphatic carbocycles. The van der Waals surface area contributed by atoms with Gasteiger partial charge in [-0.05, 0) is 19.1 Å². The van der Waals surface area contributed by atoms with Gasteiger partial charge in [-0.25, -0.2) is 13.9 Å². The van der Waals surface area contributed by atoms with Crippen molar-refractivity contribution in [1.29, 1.82) is 0 Å². The molecule has 0 radical (unpaired) electrons. The van der Waals surface area contributed by atoms with E-state index in [9.17, 15) is 14.7 Å². The molecule has 1 aromatic heterocycles. The Labute approximate surface area is 140 Å². The summed E-state index contributed by atoms with van der Waals surface area (Å²) in [5.41, 5.74) is 2.20. The molecular formula is C17H23N2O5+. The average molecular weight is 335 g/mol. The zero-order valence-corrected chi connectivity index (χ0v) is 14.2. The average Bonchev–Trinajstić information content (AvgIpc) is 2.80. The number of ether oxygens (including phenoxy) is 2. The molecular weight excluding hydrogens is 312 g/mol. The first-order valence-corrected chi connectivity index (χ1v) is 7.93. The molecule has 7 nitrogen and oxygen atoms in total. The molecule has 0 unspecified atom stereocenters. The van der Waals surface area contributed by atoms with Crippen molar-refractivity contribution in [3.8, 4) is 0 Å². The number of rotatable bonds is 7. The highest BCUT2D eigenvalue weighted by Gasteiger charge is 2.23. The Bertz CT molecular complexity index is 751.